The van der Waals surface area contributed by atoms with Crippen LogP contribution in [0.25, 0.3) is 0 Å². The molecule has 0 saturated carbocycles. The summed E-state index contributed by atoms with van der Waals surface area (Å²) in [6, 6.07) is 0. The van der Waals surface area contributed by atoms with Crippen LogP contribution in [0.3, 0.4) is 0 Å². The maximum Gasteiger partial charge on any atom is 0.422 e. The average molecular weight is 209 g/mol. The highest BCUT2D eigenvalue weighted by molar-refractivity contribution is 5.18. The lowest BCUT2D eigenvalue weighted by atomic mass is 9.97. The Balaban J connectivity index is 3.14. The number of alkyl halides is 3. The number of aliphatic hydroxyl groups is 1. The molecule has 0 saturated heterocycles. The van der Waals surface area contributed by atoms with E-state index in [1.54, 1.807) is 0 Å². The zero-order chi connectivity index (χ0) is 11.0. The molecule has 0 aromatic carbocycles. The van der Waals surface area contributed by atoms with Gasteiger partial charge >= 0.3 is 6.18 Å². The lowest BCUT2D eigenvalue weighted by molar-refractivity contribution is -0.262. The summed E-state index contributed by atoms with van der Waals surface area (Å²) in [5.74, 6) is 0. The standard InChI is InChI=1S/C7H10F3N3O/c1-13-3-5(2-12-13)6(14,4-11)7(8,9)10/h2-3,14H,4,11H2,1H3. The molecule has 0 fully saturated rings. The summed E-state index contributed by atoms with van der Waals surface area (Å²) in [5, 5.41) is 12.9. The number of aryl methyl sites for hydroxylation is 1. The van der Waals surface area contributed by atoms with E-state index < -0.39 is 18.3 Å². The Hall–Kier alpha value is -1.08. The zero-order valence-electron chi connectivity index (χ0n) is 7.41. The molecule has 0 spiro atoms. The molecule has 1 aromatic heterocycles. The van der Waals surface area contributed by atoms with E-state index in [0.717, 1.165) is 12.4 Å². The third-order valence-corrected chi connectivity index (χ3v) is 1.95. The predicted molar refractivity (Wildman–Crippen MR) is 42.2 cm³/mol. The fourth-order valence-electron chi connectivity index (χ4n) is 1.03. The highest BCUT2D eigenvalue weighted by Gasteiger charge is 2.54. The van der Waals surface area contributed by atoms with Crippen LogP contribution in [-0.4, -0.2) is 27.6 Å². The third kappa shape index (κ3) is 1.60. The van der Waals surface area contributed by atoms with E-state index in [9.17, 15) is 18.3 Å². The van der Waals surface area contributed by atoms with Crippen molar-refractivity contribution in [3.05, 3.63) is 18.0 Å². The summed E-state index contributed by atoms with van der Waals surface area (Å²) in [6.07, 6.45) is -2.77. The van der Waals surface area contributed by atoms with Crippen molar-refractivity contribution in [2.24, 2.45) is 12.8 Å². The molecule has 1 atom stereocenters. The topological polar surface area (TPSA) is 64.1 Å². The summed E-state index contributed by atoms with van der Waals surface area (Å²) in [4.78, 5) is 0. The van der Waals surface area contributed by atoms with E-state index >= 15 is 0 Å². The smallest absolute Gasteiger partial charge is 0.375 e. The Morgan fingerprint density at radius 1 is 1.57 bits per heavy atom. The summed E-state index contributed by atoms with van der Waals surface area (Å²) in [6.45, 7) is -0.928. The fraction of sp³-hybridized carbons (Fsp3) is 0.571. The molecule has 0 aliphatic carbocycles. The van der Waals surface area contributed by atoms with Gasteiger partial charge in [0.2, 0.25) is 5.60 Å². The van der Waals surface area contributed by atoms with E-state index in [2.05, 4.69) is 5.10 Å². The van der Waals surface area contributed by atoms with E-state index in [4.69, 9.17) is 5.73 Å². The monoisotopic (exact) mass is 209 g/mol. The van der Waals surface area contributed by atoms with Crippen LogP contribution in [0.1, 0.15) is 5.56 Å². The molecule has 1 aromatic rings. The van der Waals surface area contributed by atoms with Crippen molar-refractivity contribution in [2.75, 3.05) is 6.54 Å². The van der Waals surface area contributed by atoms with Crippen molar-refractivity contribution in [1.29, 1.82) is 0 Å². The number of hydrogen-bond acceptors (Lipinski definition) is 3. The van der Waals surface area contributed by atoms with Crippen molar-refractivity contribution in [3.8, 4) is 0 Å². The van der Waals surface area contributed by atoms with Gasteiger partial charge in [-0.05, 0) is 0 Å². The second kappa shape index (κ2) is 3.25. The highest BCUT2D eigenvalue weighted by atomic mass is 19.4. The molecule has 0 radical (unpaired) electrons. The first-order valence-electron chi connectivity index (χ1n) is 3.79. The molecule has 3 N–H and O–H groups in total. The van der Waals surface area contributed by atoms with Gasteiger partial charge in [-0.2, -0.15) is 18.3 Å². The lowest BCUT2D eigenvalue weighted by Crippen LogP contribution is -2.48. The van der Waals surface area contributed by atoms with Gasteiger partial charge in [0.15, 0.2) is 0 Å². The number of nitrogens with two attached hydrogens (primary N) is 1. The first-order valence-corrected chi connectivity index (χ1v) is 3.79. The Morgan fingerprint density at radius 2 is 2.14 bits per heavy atom. The van der Waals surface area contributed by atoms with Crippen molar-refractivity contribution in [2.45, 2.75) is 11.8 Å². The molecule has 0 bridgehead atoms. The van der Waals surface area contributed by atoms with Gasteiger partial charge in [-0.25, -0.2) is 0 Å². The molecule has 80 valence electrons. The maximum atomic E-state index is 12.4. The van der Waals surface area contributed by atoms with Gasteiger partial charge < -0.3 is 10.8 Å². The van der Waals surface area contributed by atoms with Crippen molar-refractivity contribution in [3.63, 3.8) is 0 Å². The maximum absolute atomic E-state index is 12.4. The van der Waals surface area contributed by atoms with Crippen LogP contribution < -0.4 is 5.73 Å². The minimum absolute atomic E-state index is 0.352. The van der Waals surface area contributed by atoms with Gasteiger partial charge in [0.1, 0.15) is 0 Å². The SMILES string of the molecule is Cn1cc(C(O)(CN)C(F)(F)F)cn1. The molecule has 0 aliphatic heterocycles. The van der Waals surface area contributed by atoms with E-state index in [1.807, 2.05) is 0 Å². The normalized spacial score (nSPS) is 16.7. The lowest BCUT2D eigenvalue weighted by Gasteiger charge is -2.27. The van der Waals surface area contributed by atoms with Crippen LogP contribution in [0.4, 0.5) is 13.2 Å². The molecule has 0 amide bonds. The van der Waals surface area contributed by atoms with Gasteiger partial charge in [0.25, 0.3) is 0 Å². The van der Waals surface area contributed by atoms with Crippen LogP contribution in [0.15, 0.2) is 12.4 Å². The summed E-state index contributed by atoms with van der Waals surface area (Å²) in [7, 11) is 1.46. The predicted octanol–water partition coefficient (Wildman–Crippen LogP) is 0.129. The van der Waals surface area contributed by atoms with Gasteiger partial charge in [-0.15, -0.1) is 0 Å². The summed E-state index contributed by atoms with van der Waals surface area (Å²) in [5.41, 5.74) is 1.56. The minimum atomic E-state index is -4.80. The van der Waals surface area contributed by atoms with Crippen LogP contribution in [-0.2, 0) is 12.6 Å². The highest BCUT2D eigenvalue weighted by Crippen LogP contribution is 2.37. The van der Waals surface area contributed by atoms with Gasteiger partial charge in [-0.1, -0.05) is 0 Å². The number of hydrogen-bond donors (Lipinski definition) is 2. The molecular weight excluding hydrogens is 199 g/mol. The van der Waals surface area contributed by atoms with Crippen molar-refractivity contribution >= 4 is 0 Å². The van der Waals surface area contributed by atoms with E-state index in [0.29, 0.717) is 0 Å². The summed E-state index contributed by atoms with van der Waals surface area (Å²) >= 11 is 0. The Kier molecular flexibility index (Phi) is 2.55. The second-order valence-corrected chi connectivity index (χ2v) is 2.96. The van der Waals surface area contributed by atoms with Crippen LogP contribution >= 0.6 is 0 Å². The molecule has 1 rings (SSSR count). The first kappa shape index (κ1) is 11.0. The second-order valence-electron chi connectivity index (χ2n) is 2.96. The van der Waals surface area contributed by atoms with E-state index in [1.165, 1.54) is 11.7 Å². The molecule has 14 heavy (non-hydrogen) atoms. The number of rotatable bonds is 2. The Morgan fingerprint density at radius 3 is 2.43 bits per heavy atom. The van der Waals surface area contributed by atoms with Crippen LogP contribution in [0.2, 0.25) is 0 Å². The summed E-state index contributed by atoms with van der Waals surface area (Å²) < 4.78 is 38.5. The molecule has 7 heteroatoms. The largest absolute Gasteiger partial charge is 0.422 e. The van der Waals surface area contributed by atoms with E-state index in [-0.39, 0.29) is 5.56 Å². The third-order valence-electron chi connectivity index (χ3n) is 1.95. The Labute approximate surface area is 78.1 Å². The average Bonchev–Trinajstić information content (AvgIpc) is 2.48. The molecule has 1 heterocycles. The van der Waals surface area contributed by atoms with Gasteiger partial charge in [-0.3, -0.25) is 4.68 Å². The van der Waals surface area contributed by atoms with Crippen molar-refractivity contribution in [1.82, 2.24) is 9.78 Å². The van der Waals surface area contributed by atoms with Crippen molar-refractivity contribution < 1.29 is 18.3 Å². The van der Waals surface area contributed by atoms with Gasteiger partial charge in [0, 0.05) is 25.4 Å². The zero-order valence-corrected chi connectivity index (χ0v) is 7.41. The quantitative estimate of drug-likeness (QED) is 0.727. The Bertz CT molecular complexity index is 322. The number of nitrogens with zero attached hydrogens (tertiary/aromatic N) is 2. The van der Waals surface area contributed by atoms with Gasteiger partial charge in [0.05, 0.1) is 6.20 Å². The minimum Gasteiger partial charge on any atom is -0.375 e. The molecule has 1 unspecified atom stereocenters. The molecule has 4 nitrogen and oxygen atoms in total. The molecule has 0 aliphatic rings. The first-order chi connectivity index (χ1) is 6.31. The van der Waals surface area contributed by atoms with Crippen LogP contribution in [0.5, 0.6) is 0 Å². The number of halogens is 3. The molecular formula is C7H10F3N3O. The number of aromatic nitrogens is 2. The fourth-order valence-corrected chi connectivity index (χ4v) is 1.03. The van der Waals surface area contributed by atoms with Crippen LogP contribution in [0, 0.1) is 0 Å².